The van der Waals surface area contributed by atoms with E-state index in [2.05, 4.69) is 9.71 Å². The van der Waals surface area contributed by atoms with Crippen LogP contribution in [0.2, 0.25) is 0 Å². The number of hydrogen-bond donors (Lipinski definition) is 2. The van der Waals surface area contributed by atoms with E-state index in [1.807, 2.05) is 0 Å². The van der Waals surface area contributed by atoms with Gasteiger partial charge in [0.05, 0.1) is 6.26 Å². The lowest BCUT2D eigenvalue weighted by atomic mass is 10.0. The Kier molecular flexibility index (Phi) is 4.95. The average molecular weight is 341 g/mol. The molecule has 1 atom stereocenters. The summed E-state index contributed by atoms with van der Waals surface area (Å²) in [7, 11) is -3.30. The third-order valence-corrected chi connectivity index (χ3v) is 4.85. The number of Topliss-reactive ketones (excluding diaryl/α,β-unsaturated/α-hetero) is 1. The maximum atomic E-state index is 12.7. The van der Waals surface area contributed by atoms with E-state index in [9.17, 15) is 18.0 Å². The maximum absolute atomic E-state index is 12.7. The Morgan fingerprint density at radius 3 is 2.48 bits per heavy atom. The van der Waals surface area contributed by atoms with Crippen LogP contribution in [0.3, 0.4) is 0 Å². The van der Waals surface area contributed by atoms with Gasteiger partial charge < -0.3 is 9.88 Å². The zero-order valence-electron chi connectivity index (χ0n) is 13.9. The highest BCUT2D eigenvalue weighted by atomic mass is 32.2. The number of amides is 1. The number of carbonyl (C=O) groups excluding carboxylic acids is 2. The normalized spacial score (nSPS) is 19.0. The van der Waals surface area contributed by atoms with Crippen LogP contribution in [0, 0.1) is 13.8 Å². The Morgan fingerprint density at radius 1 is 1.30 bits per heavy atom. The van der Waals surface area contributed by atoms with Crippen molar-refractivity contribution < 1.29 is 18.0 Å². The third-order valence-electron chi connectivity index (χ3n) is 4.09. The topological polar surface area (TPSA) is 99.3 Å². The first-order chi connectivity index (χ1) is 10.6. The van der Waals surface area contributed by atoms with Crippen LogP contribution >= 0.6 is 0 Å². The lowest BCUT2D eigenvalue weighted by Crippen LogP contribution is -2.49. The van der Waals surface area contributed by atoms with Crippen molar-refractivity contribution in [1.82, 2.24) is 14.6 Å². The molecule has 0 radical (unpaired) electrons. The van der Waals surface area contributed by atoms with E-state index in [1.54, 1.807) is 18.7 Å². The number of sulfonamides is 1. The molecule has 1 amide bonds. The van der Waals surface area contributed by atoms with Gasteiger partial charge in [0.15, 0.2) is 5.78 Å². The van der Waals surface area contributed by atoms with Gasteiger partial charge in [0, 0.05) is 30.4 Å². The molecule has 128 valence electrons. The largest absolute Gasteiger partial charge is 0.354 e. The number of aromatic nitrogens is 1. The van der Waals surface area contributed by atoms with Crippen molar-refractivity contribution in [3.05, 3.63) is 22.5 Å². The Morgan fingerprint density at radius 2 is 1.96 bits per heavy atom. The lowest BCUT2D eigenvalue weighted by molar-refractivity contribution is 0.0697. The molecule has 1 aromatic rings. The van der Waals surface area contributed by atoms with Crippen molar-refractivity contribution in [3.63, 3.8) is 0 Å². The molecule has 7 nitrogen and oxygen atoms in total. The minimum atomic E-state index is -3.30. The van der Waals surface area contributed by atoms with E-state index in [0.29, 0.717) is 42.0 Å². The summed E-state index contributed by atoms with van der Waals surface area (Å²) in [5.74, 6) is -0.274. The number of aryl methyl sites for hydroxylation is 1. The van der Waals surface area contributed by atoms with E-state index in [-0.39, 0.29) is 17.7 Å². The van der Waals surface area contributed by atoms with Crippen molar-refractivity contribution in [2.75, 3.05) is 19.3 Å². The second kappa shape index (κ2) is 6.45. The van der Waals surface area contributed by atoms with Gasteiger partial charge in [-0.1, -0.05) is 0 Å². The molecule has 0 spiro atoms. The molecule has 2 rings (SSSR count). The molecule has 8 heteroatoms. The van der Waals surface area contributed by atoms with Crippen molar-refractivity contribution >= 4 is 21.7 Å². The first-order valence-corrected chi connectivity index (χ1v) is 9.46. The van der Waals surface area contributed by atoms with E-state index >= 15 is 0 Å². The quantitative estimate of drug-likeness (QED) is 0.798. The molecule has 1 fully saturated rings. The van der Waals surface area contributed by atoms with E-state index in [4.69, 9.17) is 0 Å². The lowest BCUT2D eigenvalue weighted by Gasteiger charge is -2.32. The van der Waals surface area contributed by atoms with Crippen LogP contribution < -0.4 is 4.72 Å². The fraction of sp³-hybridized carbons (Fsp3) is 0.600. The molecule has 2 N–H and O–H groups in total. The molecule has 1 aliphatic heterocycles. The van der Waals surface area contributed by atoms with Crippen LogP contribution in [0.25, 0.3) is 0 Å². The van der Waals surface area contributed by atoms with Crippen molar-refractivity contribution in [3.8, 4) is 0 Å². The Hall–Kier alpha value is -1.67. The number of nitrogens with zero attached hydrogens (tertiary/aromatic N) is 1. The van der Waals surface area contributed by atoms with Crippen LogP contribution in [-0.4, -0.2) is 55.4 Å². The van der Waals surface area contributed by atoms with E-state index < -0.39 is 10.0 Å². The van der Waals surface area contributed by atoms with Crippen LogP contribution in [0.1, 0.15) is 51.9 Å². The Labute approximate surface area is 136 Å². The summed E-state index contributed by atoms with van der Waals surface area (Å²) in [5, 5.41) is 0. The van der Waals surface area contributed by atoms with Gasteiger partial charge in [0.25, 0.3) is 5.91 Å². The fourth-order valence-corrected chi connectivity index (χ4v) is 4.01. The Balaban J connectivity index is 2.20. The molecule has 0 unspecified atom stereocenters. The van der Waals surface area contributed by atoms with Gasteiger partial charge in [0.1, 0.15) is 5.69 Å². The summed E-state index contributed by atoms with van der Waals surface area (Å²) < 4.78 is 25.3. The highest BCUT2D eigenvalue weighted by molar-refractivity contribution is 7.88. The summed E-state index contributed by atoms with van der Waals surface area (Å²) in [5.41, 5.74) is 2.29. The first kappa shape index (κ1) is 17.7. The molecule has 2 heterocycles. The minimum Gasteiger partial charge on any atom is -0.354 e. The predicted molar refractivity (Wildman–Crippen MR) is 87.2 cm³/mol. The van der Waals surface area contributed by atoms with Crippen LogP contribution in [0.15, 0.2) is 0 Å². The SMILES string of the molecule is CC(=O)c1c(C)[nH]c(C(=O)N2CCC[C@@H](NS(C)(=O)=O)C2)c1C. The number of hydrogen-bond acceptors (Lipinski definition) is 4. The number of likely N-dealkylation sites (tertiary alicyclic amines) is 1. The monoisotopic (exact) mass is 341 g/mol. The zero-order chi connectivity index (χ0) is 17.4. The molecule has 0 aliphatic carbocycles. The molecule has 1 aromatic heterocycles. The standard InChI is InChI=1S/C15H23N3O4S/c1-9-13(11(3)19)10(2)16-14(9)15(20)18-7-5-6-12(8-18)17-23(4,21)22/h12,16-17H,5-8H2,1-4H3/t12-/m1/s1. The number of ketones is 1. The Bertz CT molecular complexity index is 736. The smallest absolute Gasteiger partial charge is 0.270 e. The summed E-state index contributed by atoms with van der Waals surface area (Å²) >= 11 is 0. The average Bonchev–Trinajstić information content (AvgIpc) is 2.71. The van der Waals surface area contributed by atoms with Gasteiger partial charge in [-0.15, -0.1) is 0 Å². The number of aromatic amines is 1. The van der Waals surface area contributed by atoms with Gasteiger partial charge in [-0.25, -0.2) is 13.1 Å². The number of H-pyrrole nitrogens is 1. The maximum Gasteiger partial charge on any atom is 0.270 e. The van der Waals surface area contributed by atoms with Crippen molar-refractivity contribution in [2.45, 2.75) is 39.7 Å². The molecule has 1 saturated heterocycles. The fourth-order valence-electron chi connectivity index (χ4n) is 3.21. The number of nitrogens with one attached hydrogen (secondary N) is 2. The van der Waals surface area contributed by atoms with Gasteiger partial charge in [-0.05, 0) is 39.2 Å². The summed E-state index contributed by atoms with van der Waals surface area (Å²) in [4.78, 5) is 29.0. The number of piperidine rings is 1. The van der Waals surface area contributed by atoms with Crippen LogP contribution in [-0.2, 0) is 10.0 Å². The van der Waals surface area contributed by atoms with E-state index in [1.165, 1.54) is 6.92 Å². The van der Waals surface area contributed by atoms with Crippen LogP contribution in [0.4, 0.5) is 0 Å². The second-order valence-electron chi connectivity index (χ2n) is 6.16. The zero-order valence-corrected chi connectivity index (χ0v) is 14.7. The summed E-state index contributed by atoms with van der Waals surface area (Å²) in [6.45, 7) is 5.91. The van der Waals surface area contributed by atoms with Crippen LogP contribution in [0.5, 0.6) is 0 Å². The second-order valence-corrected chi connectivity index (χ2v) is 7.94. The highest BCUT2D eigenvalue weighted by Crippen LogP contribution is 2.21. The minimum absolute atomic E-state index is 0.0782. The highest BCUT2D eigenvalue weighted by Gasteiger charge is 2.29. The summed E-state index contributed by atoms with van der Waals surface area (Å²) in [6, 6.07) is -0.272. The molecular weight excluding hydrogens is 318 g/mol. The number of rotatable bonds is 4. The van der Waals surface area contributed by atoms with Gasteiger partial charge in [-0.3, -0.25) is 9.59 Å². The van der Waals surface area contributed by atoms with Gasteiger partial charge in [0.2, 0.25) is 10.0 Å². The molecule has 23 heavy (non-hydrogen) atoms. The van der Waals surface area contributed by atoms with Crippen molar-refractivity contribution in [2.24, 2.45) is 0 Å². The van der Waals surface area contributed by atoms with Gasteiger partial charge in [-0.2, -0.15) is 0 Å². The third kappa shape index (κ3) is 4.00. The molecule has 0 saturated carbocycles. The predicted octanol–water partition coefficient (Wildman–Crippen LogP) is 0.988. The molecular formula is C15H23N3O4S. The van der Waals surface area contributed by atoms with Crippen molar-refractivity contribution in [1.29, 1.82) is 0 Å². The molecule has 1 aliphatic rings. The summed E-state index contributed by atoms with van der Waals surface area (Å²) in [6.07, 6.45) is 2.56. The first-order valence-electron chi connectivity index (χ1n) is 7.57. The molecule has 0 aromatic carbocycles. The number of carbonyl (C=O) groups is 2. The van der Waals surface area contributed by atoms with Gasteiger partial charge >= 0.3 is 0 Å². The molecule has 0 bridgehead atoms. The van der Waals surface area contributed by atoms with E-state index in [0.717, 1.165) is 12.7 Å².